The maximum atomic E-state index is 14.2. The van der Waals surface area contributed by atoms with Crippen LogP contribution in [0.15, 0.2) is 42.5 Å². The monoisotopic (exact) mass is 436 g/mol. The third-order valence-corrected chi connectivity index (χ3v) is 5.95. The molecule has 2 aromatic rings. The molecule has 1 heterocycles. The minimum atomic E-state index is -3.88. The van der Waals surface area contributed by atoms with E-state index >= 15 is 0 Å². The van der Waals surface area contributed by atoms with Gasteiger partial charge in [0.25, 0.3) is 0 Å². The molecule has 0 aliphatic carbocycles. The number of methoxy groups -OCH3 is 1. The van der Waals surface area contributed by atoms with Gasteiger partial charge in [-0.05, 0) is 38.1 Å². The summed E-state index contributed by atoms with van der Waals surface area (Å²) in [6.45, 7) is 3.26. The van der Waals surface area contributed by atoms with Crippen molar-refractivity contribution in [3.8, 4) is 11.5 Å². The van der Waals surface area contributed by atoms with Gasteiger partial charge in [0, 0.05) is 18.1 Å². The lowest BCUT2D eigenvalue weighted by Gasteiger charge is -2.38. The number of para-hydroxylation sites is 1. The number of carbonyl (C=O) groups excluding carboxylic acids is 1. The summed E-state index contributed by atoms with van der Waals surface area (Å²) >= 11 is 0. The van der Waals surface area contributed by atoms with Crippen molar-refractivity contribution in [2.45, 2.75) is 31.9 Å². The van der Waals surface area contributed by atoms with Crippen LogP contribution in [0, 0.1) is 5.82 Å². The van der Waals surface area contributed by atoms with Crippen LogP contribution in [0.5, 0.6) is 11.5 Å². The average molecular weight is 437 g/mol. The van der Waals surface area contributed by atoms with E-state index in [1.165, 1.54) is 18.2 Å². The van der Waals surface area contributed by atoms with Crippen LogP contribution in [0.3, 0.4) is 0 Å². The fraction of sp³-hybridized carbons (Fsp3) is 0.381. The van der Waals surface area contributed by atoms with Crippen LogP contribution in [-0.4, -0.2) is 39.8 Å². The highest BCUT2D eigenvalue weighted by molar-refractivity contribution is 7.92. The Morgan fingerprint density at radius 3 is 2.63 bits per heavy atom. The molecular weight excluding hydrogens is 411 g/mol. The van der Waals surface area contributed by atoms with Gasteiger partial charge in [0.1, 0.15) is 29.5 Å². The number of halogens is 1. The molecule has 162 valence electrons. The van der Waals surface area contributed by atoms with Crippen molar-refractivity contribution in [2.24, 2.45) is 0 Å². The Bertz CT molecular complexity index is 1060. The van der Waals surface area contributed by atoms with Gasteiger partial charge in [-0.3, -0.25) is 9.10 Å². The number of sulfonamides is 1. The first-order chi connectivity index (χ1) is 14.0. The molecule has 0 spiro atoms. The molecule has 0 saturated heterocycles. The van der Waals surface area contributed by atoms with Crippen LogP contribution in [0.2, 0.25) is 0 Å². The summed E-state index contributed by atoms with van der Waals surface area (Å²) in [5.74, 6) is -0.0576. The topological polar surface area (TPSA) is 84.9 Å². The number of fused-ring (bicyclic) bond motifs is 1. The number of ether oxygens (including phenoxy) is 2. The molecule has 1 aliphatic rings. The zero-order valence-corrected chi connectivity index (χ0v) is 18.1. The highest BCUT2D eigenvalue weighted by Gasteiger charge is 2.35. The number of hydrogen-bond acceptors (Lipinski definition) is 5. The summed E-state index contributed by atoms with van der Waals surface area (Å²) in [7, 11) is -2.32. The van der Waals surface area contributed by atoms with E-state index in [-0.39, 0.29) is 5.69 Å². The van der Waals surface area contributed by atoms with E-state index in [1.54, 1.807) is 25.3 Å². The lowest BCUT2D eigenvalue weighted by Crippen LogP contribution is -2.45. The van der Waals surface area contributed by atoms with Gasteiger partial charge >= 0.3 is 0 Å². The first-order valence-electron chi connectivity index (χ1n) is 9.39. The van der Waals surface area contributed by atoms with Crippen LogP contribution in [-0.2, 0) is 14.8 Å². The Morgan fingerprint density at radius 1 is 1.30 bits per heavy atom. The van der Waals surface area contributed by atoms with E-state index in [0.717, 1.165) is 22.2 Å². The quantitative estimate of drug-likeness (QED) is 0.753. The van der Waals surface area contributed by atoms with Gasteiger partial charge in [0.2, 0.25) is 15.9 Å². The van der Waals surface area contributed by atoms with Gasteiger partial charge in [-0.15, -0.1) is 0 Å². The van der Waals surface area contributed by atoms with Crippen molar-refractivity contribution in [1.82, 2.24) is 5.32 Å². The predicted molar refractivity (Wildman–Crippen MR) is 112 cm³/mol. The van der Waals surface area contributed by atoms with Crippen molar-refractivity contribution >= 4 is 21.6 Å². The number of amides is 1. The Morgan fingerprint density at radius 2 is 2.00 bits per heavy atom. The molecule has 0 unspecified atom stereocenters. The summed E-state index contributed by atoms with van der Waals surface area (Å²) in [6.07, 6.45) is 1.42. The average Bonchev–Trinajstić information content (AvgIpc) is 2.64. The van der Waals surface area contributed by atoms with E-state index < -0.39 is 39.9 Å². The zero-order valence-electron chi connectivity index (χ0n) is 17.3. The smallest absolute Gasteiger partial charge is 0.241 e. The molecule has 1 N–H and O–H groups in total. The summed E-state index contributed by atoms with van der Waals surface area (Å²) < 4.78 is 50.6. The Balaban J connectivity index is 1.85. The van der Waals surface area contributed by atoms with Gasteiger partial charge < -0.3 is 14.8 Å². The number of rotatable bonds is 6. The lowest BCUT2D eigenvalue weighted by molar-refractivity contribution is -0.120. The Labute approximate surface area is 175 Å². The van der Waals surface area contributed by atoms with Crippen molar-refractivity contribution in [2.75, 3.05) is 24.2 Å². The second-order valence-corrected chi connectivity index (χ2v) is 9.72. The fourth-order valence-corrected chi connectivity index (χ4v) is 4.35. The SMILES string of the molecule is COc1ccc2c(c1)OC(C)(C)C[C@H]2NC(=O)CN(c1ccccc1F)S(C)(=O)=O. The van der Waals surface area contributed by atoms with Gasteiger partial charge in [0.15, 0.2) is 0 Å². The Hall–Kier alpha value is -2.81. The maximum absolute atomic E-state index is 14.2. The molecule has 3 rings (SSSR count). The molecule has 30 heavy (non-hydrogen) atoms. The highest BCUT2D eigenvalue weighted by atomic mass is 32.2. The van der Waals surface area contributed by atoms with E-state index in [2.05, 4.69) is 5.32 Å². The number of benzene rings is 2. The van der Waals surface area contributed by atoms with Gasteiger partial charge in [-0.1, -0.05) is 12.1 Å². The minimum Gasteiger partial charge on any atom is -0.497 e. The largest absolute Gasteiger partial charge is 0.497 e. The highest BCUT2D eigenvalue weighted by Crippen LogP contribution is 2.41. The van der Waals surface area contributed by atoms with E-state index in [9.17, 15) is 17.6 Å². The van der Waals surface area contributed by atoms with Gasteiger partial charge in [0.05, 0.1) is 25.1 Å². The summed E-state index contributed by atoms with van der Waals surface area (Å²) in [5, 5.41) is 2.87. The molecular formula is C21H25FN2O5S. The fourth-order valence-electron chi connectivity index (χ4n) is 3.49. The first-order valence-corrected chi connectivity index (χ1v) is 11.2. The van der Waals surface area contributed by atoms with Gasteiger partial charge in [-0.25, -0.2) is 12.8 Å². The Kier molecular flexibility index (Phi) is 5.94. The van der Waals surface area contributed by atoms with Crippen LogP contribution < -0.4 is 19.1 Å². The molecule has 0 bridgehead atoms. The summed E-state index contributed by atoms with van der Waals surface area (Å²) in [5.41, 5.74) is 0.0344. The number of hydrogen-bond donors (Lipinski definition) is 1. The van der Waals surface area contributed by atoms with Gasteiger partial charge in [-0.2, -0.15) is 0 Å². The molecule has 0 fully saturated rings. The van der Waals surface area contributed by atoms with Crippen molar-refractivity contribution < 1.29 is 27.1 Å². The molecule has 2 aromatic carbocycles. The van der Waals surface area contributed by atoms with Crippen molar-refractivity contribution in [3.05, 3.63) is 53.8 Å². The lowest BCUT2D eigenvalue weighted by atomic mass is 9.89. The zero-order chi connectivity index (χ0) is 22.1. The van der Waals surface area contributed by atoms with Crippen LogP contribution in [0.25, 0.3) is 0 Å². The third kappa shape index (κ3) is 4.84. The molecule has 9 heteroatoms. The van der Waals surface area contributed by atoms with Crippen LogP contribution in [0.4, 0.5) is 10.1 Å². The number of nitrogens with one attached hydrogen (secondary N) is 1. The second-order valence-electron chi connectivity index (χ2n) is 7.81. The van der Waals surface area contributed by atoms with Crippen LogP contribution >= 0.6 is 0 Å². The third-order valence-electron chi connectivity index (χ3n) is 4.82. The number of carbonyl (C=O) groups is 1. The standard InChI is InChI=1S/C21H25FN2O5S/c1-21(2)12-17(15-10-9-14(28-3)11-19(15)29-21)23-20(25)13-24(30(4,26)27)18-8-6-5-7-16(18)22/h5-11,17H,12-13H2,1-4H3,(H,23,25)/t17-/m1/s1. The van der Waals surface area contributed by atoms with E-state index in [0.29, 0.717) is 17.9 Å². The molecule has 0 aromatic heterocycles. The molecule has 1 aliphatic heterocycles. The summed E-state index contributed by atoms with van der Waals surface area (Å²) in [6, 6.07) is 10.4. The minimum absolute atomic E-state index is 0.174. The van der Waals surface area contributed by atoms with Crippen LogP contribution in [0.1, 0.15) is 31.9 Å². The summed E-state index contributed by atoms with van der Waals surface area (Å²) in [4.78, 5) is 12.8. The van der Waals surface area contributed by atoms with Crippen molar-refractivity contribution in [1.29, 1.82) is 0 Å². The molecule has 0 saturated carbocycles. The predicted octanol–water partition coefficient (Wildman–Crippen LogP) is 3.02. The van der Waals surface area contributed by atoms with E-state index in [1.807, 2.05) is 13.8 Å². The molecule has 1 amide bonds. The maximum Gasteiger partial charge on any atom is 0.241 e. The number of anilines is 1. The normalized spacial score (nSPS) is 17.4. The first kappa shape index (κ1) is 21.9. The molecule has 7 nitrogen and oxygen atoms in total. The number of nitrogens with zero attached hydrogens (tertiary/aromatic N) is 1. The second kappa shape index (κ2) is 8.14. The molecule has 0 radical (unpaired) electrons. The van der Waals surface area contributed by atoms with Crippen molar-refractivity contribution in [3.63, 3.8) is 0 Å². The van der Waals surface area contributed by atoms with E-state index in [4.69, 9.17) is 9.47 Å². The molecule has 1 atom stereocenters.